The monoisotopic (exact) mass is 509 g/mol. The van der Waals surface area contributed by atoms with Crippen molar-refractivity contribution in [3.63, 3.8) is 0 Å². The molecule has 1 aliphatic heterocycles. The number of pyridine rings is 1. The Labute approximate surface area is 223 Å². The SMILES string of the molecule is Cc1ccccc1-n1c(C)cc(C2C(c3ccccn3)NC(=S)N2CCC(=O)Nc2ccccc2)c1C. The number of anilines is 1. The second kappa shape index (κ2) is 10.6. The van der Waals surface area contributed by atoms with Crippen LogP contribution >= 0.6 is 12.2 Å². The minimum atomic E-state index is -0.128. The molecule has 0 radical (unpaired) electrons. The summed E-state index contributed by atoms with van der Waals surface area (Å²) >= 11 is 5.82. The van der Waals surface area contributed by atoms with Gasteiger partial charge in [-0.15, -0.1) is 0 Å². The zero-order chi connectivity index (χ0) is 25.9. The van der Waals surface area contributed by atoms with Gasteiger partial charge in [0.1, 0.15) is 0 Å². The summed E-state index contributed by atoms with van der Waals surface area (Å²) in [5.74, 6) is -0.0422. The highest BCUT2D eigenvalue weighted by Crippen LogP contribution is 2.41. The van der Waals surface area contributed by atoms with Crippen molar-refractivity contribution in [1.29, 1.82) is 0 Å². The highest BCUT2D eigenvalue weighted by atomic mass is 32.1. The summed E-state index contributed by atoms with van der Waals surface area (Å²) in [6, 6.07) is 25.9. The van der Waals surface area contributed by atoms with Crippen molar-refractivity contribution in [3.05, 3.63) is 113 Å². The summed E-state index contributed by atoms with van der Waals surface area (Å²) in [6.45, 7) is 6.92. The van der Waals surface area contributed by atoms with Crippen molar-refractivity contribution in [2.45, 2.75) is 39.3 Å². The van der Waals surface area contributed by atoms with E-state index in [2.05, 4.69) is 76.2 Å². The van der Waals surface area contributed by atoms with E-state index in [4.69, 9.17) is 12.2 Å². The van der Waals surface area contributed by atoms with Crippen LogP contribution in [-0.4, -0.2) is 32.0 Å². The van der Waals surface area contributed by atoms with Crippen LogP contribution in [0.2, 0.25) is 0 Å². The van der Waals surface area contributed by atoms with E-state index in [0.29, 0.717) is 18.1 Å². The third kappa shape index (κ3) is 5.00. The lowest BCUT2D eigenvalue weighted by Crippen LogP contribution is -2.32. The number of aryl methyl sites for hydroxylation is 2. The number of aromatic nitrogens is 2. The molecule has 1 aliphatic rings. The molecule has 188 valence electrons. The van der Waals surface area contributed by atoms with Gasteiger partial charge in [-0.2, -0.15) is 0 Å². The average molecular weight is 510 g/mol. The maximum Gasteiger partial charge on any atom is 0.226 e. The topological polar surface area (TPSA) is 62.2 Å². The Morgan fingerprint density at radius 2 is 1.73 bits per heavy atom. The van der Waals surface area contributed by atoms with Gasteiger partial charge in [-0.3, -0.25) is 9.78 Å². The van der Waals surface area contributed by atoms with E-state index in [1.807, 2.05) is 54.7 Å². The Morgan fingerprint density at radius 1 is 1.00 bits per heavy atom. The Morgan fingerprint density at radius 3 is 2.46 bits per heavy atom. The molecule has 5 rings (SSSR count). The van der Waals surface area contributed by atoms with Crippen LogP contribution in [0.25, 0.3) is 5.69 Å². The lowest BCUT2D eigenvalue weighted by molar-refractivity contribution is -0.116. The van der Waals surface area contributed by atoms with E-state index < -0.39 is 0 Å². The van der Waals surface area contributed by atoms with Crippen LogP contribution in [0.3, 0.4) is 0 Å². The minimum Gasteiger partial charge on any atom is -0.352 e. The lowest BCUT2D eigenvalue weighted by Gasteiger charge is -2.28. The predicted octanol–water partition coefficient (Wildman–Crippen LogP) is 5.80. The molecule has 6 nitrogen and oxygen atoms in total. The summed E-state index contributed by atoms with van der Waals surface area (Å²) in [5, 5.41) is 7.12. The first-order valence-corrected chi connectivity index (χ1v) is 12.9. The highest BCUT2D eigenvalue weighted by molar-refractivity contribution is 7.80. The molecule has 0 spiro atoms. The Balaban J connectivity index is 1.49. The van der Waals surface area contributed by atoms with Crippen molar-refractivity contribution in [2.75, 3.05) is 11.9 Å². The fraction of sp³-hybridized carbons (Fsp3) is 0.233. The molecule has 2 aromatic heterocycles. The van der Waals surface area contributed by atoms with Crippen molar-refractivity contribution in [1.82, 2.24) is 19.8 Å². The molecule has 0 aliphatic carbocycles. The Kier molecular flexibility index (Phi) is 7.06. The zero-order valence-corrected chi connectivity index (χ0v) is 22.1. The van der Waals surface area contributed by atoms with Crippen LogP contribution < -0.4 is 10.6 Å². The molecular formula is C30H31N5OS. The number of thiocarbonyl (C=S) groups is 1. The van der Waals surface area contributed by atoms with Crippen molar-refractivity contribution >= 4 is 28.9 Å². The van der Waals surface area contributed by atoms with Gasteiger partial charge in [0.15, 0.2) is 5.11 Å². The summed E-state index contributed by atoms with van der Waals surface area (Å²) in [5.41, 5.74) is 7.58. The van der Waals surface area contributed by atoms with Gasteiger partial charge in [0, 0.05) is 41.9 Å². The van der Waals surface area contributed by atoms with E-state index in [-0.39, 0.29) is 18.0 Å². The molecule has 1 saturated heterocycles. The number of rotatable bonds is 7. The Hall–Kier alpha value is -3.97. The fourth-order valence-electron chi connectivity index (χ4n) is 5.22. The van der Waals surface area contributed by atoms with E-state index in [1.54, 1.807) is 0 Å². The van der Waals surface area contributed by atoms with Crippen LogP contribution in [-0.2, 0) is 4.79 Å². The number of hydrogen-bond acceptors (Lipinski definition) is 3. The molecule has 2 aromatic carbocycles. The second-order valence-electron chi connectivity index (χ2n) is 9.43. The van der Waals surface area contributed by atoms with E-state index in [0.717, 1.165) is 22.8 Å². The first kappa shape index (κ1) is 24.7. The number of hydrogen-bond donors (Lipinski definition) is 2. The number of para-hydroxylation sites is 2. The molecule has 3 heterocycles. The standard InChI is InChI=1S/C30H31N5OS/c1-20-11-7-8-15-26(20)35-21(2)19-24(22(35)3)29-28(25-14-9-10-17-31-25)33-30(37)34(29)18-16-27(36)32-23-12-5-4-6-13-23/h4-15,17,19,28-29H,16,18H2,1-3H3,(H,32,36)(H,33,37). The quantitative estimate of drug-likeness (QED) is 0.309. The van der Waals surface area contributed by atoms with Crippen LogP contribution in [0.1, 0.15) is 46.7 Å². The van der Waals surface area contributed by atoms with Crippen LogP contribution in [0.15, 0.2) is 85.1 Å². The number of carbonyl (C=O) groups excluding carboxylic acids is 1. The zero-order valence-electron chi connectivity index (χ0n) is 21.3. The largest absolute Gasteiger partial charge is 0.352 e. The normalized spacial score (nSPS) is 17.1. The number of carbonyl (C=O) groups is 1. The van der Waals surface area contributed by atoms with Gasteiger partial charge in [0.25, 0.3) is 0 Å². The summed E-state index contributed by atoms with van der Waals surface area (Å²) in [7, 11) is 0. The molecule has 4 aromatic rings. The predicted molar refractivity (Wildman–Crippen MR) is 152 cm³/mol. The van der Waals surface area contributed by atoms with Crippen molar-refractivity contribution in [3.8, 4) is 5.69 Å². The van der Waals surface area contributed by atoms with Crippen molar-refractivity contribution in [2.24, 2.45) is 0 Å². The number of nitrogens with zero attached hydrogens (tertiary/aromatic N) is 3. The molecular weight excluding hydrogens is 478 g/mol. The number of nitrogens with one attached hydrogen (secondary N) is 2. The van der Waals surface area contributed by atoms with Crippen LogP contribution in [0.4, 0.5) is 5.69 Å². The molecule has 7 heteroatoms. The molecule has 1 amide bonds. The molecule has 2 N–H and O–H groups in total. The summed E-state index contributed by atoms with van der Waals surface area (Å²) < 4.78 is 2.31. The smallest absolute Gasteiger partial charge is 0.226 e. The van der Waals surface area contributed by atoms with E-state index >= 15 is 0 Å². The molecule has 2 unspecified atom stereocenters. The van der Waals surface area contributed by atoms with Gasteiger partial charge < -0.3 is 20.1 Å². The molecule has 1 fully saturated rings. The van der Waals surface area contributed by atoms with Gasteiger partial charge in [-0.25, -0.2) is 0 Å². The maximum atomic E-state index is 12.8. The maximum absolute atomic E-state index is 12.8. The molecule has 0 saturated carbocycles. The lowest BCUT2D eigenvalue weighted by atomic mass is 9.96. The van der Waals surface area contributed by atoms with Crippen LogP contribution in [0, 0.1) is 20.8 Å². The van der Waals surface area contributed by atoms with Gasteiger partial charge in [-0.1, -0.05) is 42.5 Å². The van der Waals surface area contributed by atoms with Crippen LogP contribution in [0.5, 0.6) is 0 Å². The average Bonchev–Trinajstić information content (AvgIpc) is 3.38. The number of amides is 1. The minimum absolute atomic E-state index is 0.0422. The summed E-state index contributed by atoms with van der Waals surface area (Å²) in [4.78, 5) is 19.6. The molecule has 2 atom stereocenters. The molecule has 0 bridgehead atoms. The fourth-order valence-corrected chi connectivity index (χ4v) is 5.56. The second-order valence-corrected chi connectivity index (χ2v) is 9.82. The first-order chi connectivity index (χ1) is 17.9. The van der Waals surface area contributed by atoms with Gasteiger partial charge in [0.2, 0.25) is 5.91 Å². The Bertz CT molecular complexity index is 1420. The van der Waals surface area contributed by atoms with Crippen molar-refractivity contribution < 1.29 is 4.79 Å². The van der Waals surface area contributed by atoms with Gasteiger partial charge >= 0.3 is 0 Å². The summed E-state index contributed by atoms with van der Waals surface area (Å²) in [6.07, 6.45) is 2.13. The van der Waals surface area contributed by atoms with E-state index in [9.17, 15) is 4.79 Å². The third-order valence-electron chi connectivity index (χ3n) is 6.98. The van der Waals surface area contributed by atoms with E-state index in [1.165, 1.54) is 16.8 Å². The van der Waals surface area contributed by atoms with Gasteiger partial charge in [0.05, 0.1) is 17.8 Å². The highest BCUT2D eigenvalue weighted by Gasteiger charge is 2.41. The number of benzene rings is 2. The third-order valence-corrected chi connectivity index (χ3v) is 7.33. The first-order valence-electron chi connectivity index (χ1n) is 12.5. The molecule has 37 heavy (non-hydrogen) atoms. The van der Waals surface area contributed by atoms with Gasteiger partial charge in [-0.05, 0) is 80.5 Å².